The predicted octanol–water partition coefficient (Wildman–Crippen LogP) is 5.74. The molecule has 1 fully saturated rings. The first-order valence-corrected chi connectivity index (χ1v) is 13.5. The van der Waals surface area contributed by atoms with Gasteiger partial charge in [-0.15, -0.1) is 26.3 Å². The first kappa shape index (κ1) is 18.4. The molecular formula is C18H33NSi2. The molecular weight excluding hydrogens is 286 g/mol. The van der Waals surface area contributed by atoms with Crippen molar-refractivity contribution in [2.24, 2.45) is 0 Å². The van der Waals surface area contributed by atoms with Gasteiger partial charge in [-0.3, -0.25) is 0 Å². The normalized spacial score (nSPS) is 20.0. The Hall–Kier alpha value is -0.646. The number of hydrogen-bond acceptors (Lipinski definition) is 1. The monoisotopic (exact) mass is 319 g/mol. The highest BCUT2D eigenvalue weighted by Gasteiger charge is 2.54. The summed E-state index contributed by atoms with van der Waals surface area (Å²) in [5, 5.41) is 0. The van der Waals surface area contributed by atoms with Crippen LogP contribution in [0, 0.1) is 0 Å². The molecule has 1 saturated heterocycles. The molecule has 21 heavy (non-hydrogen) atoms. The van der Waals surface area contributed by atoms with Gasteiger partial charge in [0, 0.05) is 0 Å². The van der Waals surface area contributed by atoms with Crippen LogP contribution in [0.5, 0.6) is 0 Å². The van der Waals surface area contributed by atoms with E-state index in [2.05, 4.69) is 61.8 Å². The van der Waals surface area contributed by atoms with Gasteiger partial charge in [0.15, 0.2) is 0 Å². The molecule has 1 aliphatic heterocycles. The highest BCUT2D eigenvalue weighted by atomic mass is 28.4. The van der Waals surface area contributed by atoms with E-state index in [0.717, 1.165) is 0 Å². The first-order chi connectivity index (χ1) is 10.1. The van der Waals surface area contributed by atoms with E-state index < -0.39 is 16.5 Å². The SMILES string of the molecule is C=CC[Si]1(CC=C)CC[Si](CC=C)(CC=C)N1CCCC. The van der Waals surface area contributed by atoms with Crippen molar-refractivity contribution in [3.8, 4) is 0 Å². The van der Waals surface area contributed by atoms with Crippen LogP contribution in [0.15, 0.2) is 50.6 Å². The molecule has 1 heterocycles. The van der Waals surface area contributed by atoms with Gasteiger partial charge in [-0.1, -0.05) is 37.6 Å². The van der Waals surface area contributed by atoms with Crippen LogP contribution in [0.25, 0.3) is 0 Å². The average molecular weight is 320 g/mol. The number of rotatable bonds is 11. The second-order valence-corrected chi connectivity index (χ2v) is 15.5. The third-order valence-corrected chi connectivity index (χ3v) is 17.7. The molecule has 0 saturated carbocycles. The summed E-state index contributed by atoms with van der Waals surface area (Å²) in [5.74, 6) is 0. The molecule has 0 radical (unpaired) electrons. The maximum atomic E-state index is 4.05. The molecule has 0 bridgehead atoms. The molecule has 118 valence electrons. The minimum absolute atomic E-state index is 1.21. The van der Waals surface area contributed by atoms with E-state index in [9.17, 15) is 0 Å². The zero-order chi connectivity index (χ0) is 15.8. The lowest BCUT2D eigenvalue weighted by atomic mass is 10.3. The van der Waals surface area contributed by atoms with Crippen LogP contribution in [0.3, 0.4) is 0 Å². The average Bonchev–Trinajstić information content (AvgIpc) is 2.73. The van der Waals surface area contributed by atoms with E-state index >= 15 is 0 Å². The van der Waals surface area contributed by atoms with Crippen molar-refractivity contribution in [2.75, 3.05) is 6.54 Å². The second kappa shape index (κ2) is 8.71. The molecule has 1 rings (SSSR count). The first-order valence-electron chi connectivity index (χ1n) is 8.36. The van der Waals surface area contributed by atoms with Crippen molar-refractivity contribution in [2.45, 2.75) is 56.0 Å². The molecule has 0 aromatic carbocycles. The number of hydrogen-bond donors (Lipinski definition) is 0. The summed E-state index contributed by atoms with van der Waals surface area (Å²) in [7, 11) is -2.89. The van der Waals surface area contributed by atoms with E-state index in [1.165, 1.54) is 55.7 Å². The van der Waals surface area contributed by atoms with Crippen LogP contribution < -0.4 is 0 Å². The van der Waals surface area contributed by atoms with E-state index in [-0.39, 0.29) is 0 Å². The quantitative estimate of drug-likeness (QED) is 0.347. The van der Waals surface area contributed by atoms with E-state index in [1.54, 1.807) is 0 Å². The van der Waals surface area contributed by atoms with Gasteiger partial charge in [0.1, 0.15) is 16.5 Å². The van der Waals surface area contributed by atoms with Gasteiger partial charge in [-0.05, 0) is 49.2 Å². The zero-order valence-corrected chi connectivity index (χ0v) is 15.9. The highest BCUT2D eigenvalue weighted by Crippen LogP contribution is 2.46. The lowest BCUT2D eigenvalue weighted by Gasteiger charge is -2.45. The summed E-state index contributed by atoms with van der Waals surface area (Å²) >= 11 is 0. The van der Waals surface area contributed by atoms with Gasteiger partial charge in [0.25, 0.3) is 0 Å². The van der Waals surface area contributed by atoms with Crippen LogP contribution >= 0.6 is 0 Å². The van der Waals surface area contributed by atoms with Crippen molar-refractivity contribution < 1.29 is 0 Å². The van der Waals surface area contributed by atoms with Gasteiger partial charge in [0.05, 0.1) is 0 Å². The molecule has 0 aromatic rings. The zero-order valence-electron chi connectivity index (χ0n) is 13.9. The Labute approximate surface area is 134 Å². The van der Waals surface area contributed by atoms with Crippen LogP contribution in [0.1, 0.15) is 19.8 Å². The topological polar surface area (TPSA) is 3.24 Å². The Morgan fingerprint density at radius 1 is 0.810 bits per heavy atom. The van der Waals surface area contributed by atoms with Gasteiger partial charge >= 0.3 is 0 Å². The molecule has 3 heteroatoms. The van der Waals surface area contributed by atoms with Crippen LogP contribution in [0.4, 0.5) is 0 Å². The third-order valence-electron chi connectivity index (χ3n) is 5.03. The standard InChI is InChI=1S/C18H33NSi2/c1-6-11-12-19-20(13-7-2,14-8-3)17-18-21(19,15-9-4)16-10-5/h7-10H,2-6,11-18H2,1H3. The highest BCUT2D eigenvalue weighted by molar-refractivity contribution is 6.98. The summed E-state index contributed by atoms with van der Waals surface area (Å²) in [6.45, 7) is 19.8. The lowest BCUT2D eigenvalue weighted by molar-refractivity contribution is 0.572. The molecule has 0 amide bonds. The maximum Gasteiger partial charge on any atom is 0.129 e. The summed E-state index contributed by atoms with van der Waals surface area (Å²) in [6, 6.07) is 7.69. The van der Waals surface area contributed by atoms with E-state index in [4.69, 9.17) is 0 Å². The van der Waals surface area contributed by atoms with Gasteiger partial charge < -0.3 is 4.23 Å². The summed E-state index contributed by atoms with van der Waals surface area (Å²) in [4.78, 5) is 0. The largest absolute Gasteiger partial charge is 0.344 e. The molecule has 0 aromatic heterocycles. The Balaban J connectivity index is 3.18. The van der Waals surface area contributed by atoms with Gasteiger partial charge in [-0.25, -0.2) is 0 Å². The third kappa shape index (κ3) is 3.96. The van der Waals surface area contributed by atoms with Crippen LogP contribution in [-0.4, -0.2) is 27.2 Å². The molecule has 0 aliphatic carbocycles. The molecule has 0 unspecified atom stereocenters. The Morgan fingerprint density at radius 2 is 1.19 bits per heavy atom. The molecule has 0 spiro atoms. The Morgan fingerprint density at radius 3 is 1.48 bits per heavy atom. The summed E-state index contributed by atoms with van der Waals surface area (Å²) < 4.78 is 3.04. The van der Waals surface area contributed by atoms with Gasteiger partial charge in [-0.2, -0.15) is 0 Å². The molecule has 1 aliphatic rings. The number of unbranched alkanes of at least 4 members (excludes halogenated alkanes) is 1. The van der Waals surface area contributed by atoms with Crippen LogP contribution in [-0.2, 0) is 0 Å². The number of nitrogens with zero attached hydrogens (tertiary/aromatic N) is 1. The van der Waals surface area contributed by atoms with E-state index in [1.807, 2.05) is 0 Å². The second-order valence-electron chi connectivity index (χ2n) is 6.43. The van der Waals surface area contributed by atoms with Crippen molar-refractivity contribution >= 4 is 16.5 Å². The number of allylic oxidation sites excluding steroid dienone is 4. The molecule has 0 N–H and O–H groups in total. The summed E-state index contributed by atoms with van der Waals surface area (Å²) in [6.07, 6.45) is 11.3. The maximum absolute atomic E-state index is 4.05. The fourth-order valence-electron chi connectivity index (χ4n) is 4.12. The minimum Gasteiger partial charge on any atom is -0.344 e. The predicted molar refractivity (Wildman–Crippen MR) is 103 cm³/mol. The fraction of sp³-hybridized carbons (Fsp3) is 0.556. The van der Waals surface area contributed by atoms with Gasteiger partial charge in [0.2, 0.25) is 0 Å². The molecule has 1 nitrogen and oxygen atoms in total. The lowest BCUT2D eigenvalue weighted by Crippen LogP contribution is -2.60. The van der Waals surface area contributed by atoms with Crippen LogP contribution in [0.2, 0.25) is 36.3 Å². The van der Waals surface area contributed by atoms with Crippen molar-refractivity contribution in [1.29, 1.82) is 0 Å². The Kier molecular flexibility index (Phi) is 7.64. The summed E-state index contributed by atoms with van der Waals surface area (Å²) in [5.41, 5.74) is 0. The van der Waals surface area contributed by atoms with E-state index in [0.29, 0.717) is 0 Å². The molecule has 0 atom stereocenters. The smallest absolute Gasteiger partial charge is 0.129 e. The van der Waals surface area contributed by atoms with Crippen molar-refractivity contribution in [1.82, 2.24) is 4.23 Å². The minimum atomic E-state index is -1.45. The Bertz CT molecular complexity index is 323. The van der Waals surface area contributed by atoms with Crippen molar-refractivity contribution in [3.63, 3.8) is 0 Å². The fourth-order valence-corrected chi connectivity index (χ4v) is 19.6. The van der Waals surface area contributed by atoms with Crippen molar-refractivity contribution in [3.05, 3.63) is 50.6 Å².